The molecule has 1 heterocycles. The number of hydrogen-bond acceptors (Lipinski definition) is 5. The van der Waals surface area contributed by atoms with Crippen molar-refractivity contribution in [2.75, 3.05) is 11.9 Å². The average Bonchev–Trinajstić information content (AvgIpc) is 2.83. The van der Waals surface area contributed by atoms with E-state index in [1.54, 1.807) is 6.92 Å². The maximum atomic E-state index is 11.9. The number of nitrogens with one attached hydrogen (secondary N) is 1. The van der Waals surface area contributed by atoms with Crippen LogP contribution in [0.5, 0.6) is 0 Å². The Bertz CT molecular complexity index is 634. The Hall–Kier alpha value is -2.15. The van der Waals surface area contributed by atoms with Crippen molar-refractivity contribution in [1.29, 1.82) is 0 Å². The number of nitrogens with two attached hydrogens (primary N) is 1. The van der Waals surface area contributed by atoms with Crippen molar-refractivity contribution in [3.63, 3.8) is 0 Å². The summed E-state index contributed by atoms with van der Waals surface area (Å²) in [7, 11) is 0. The number of fused-ring (bicyclic) bond motifs is 1. The first-order chi connectivity index (χ1) is 10.5. The molecule has 2 amide bonds. The van der Waals surface area contributed by atoms with Gasteiger partial charge >= 0.3 is 5.97 Å². The lowest BCUT2D eigenvalue weighted by Gasteiger charge is -2.11. The van der Waals surface area contributed by atoms with Gasteiger partial charge in [0.25, 0.3) is 5.91 Å². The zero-order chi connectivity index (χ0) is 16.1. The minimum atomic E-state index is -0.585. The summed E-state index contributed by atoms with van der Waals surface area (Å²) >= 11 is 1.38. The molecule has 0 radical (unpaired) electrons. The van der Waals surface area contributed by atoms with E-state index in [-0.39, 0.29) is 6.61 Å². The molecule has 3 N–H and O–H groups in total. The molecule has 1 aromatic heterocycles. The standard InChI is InChI=1S/C15H18N2O4S/c1-2-21-12(19)8-7-11(18)17-15-13(14(16)20)9-5-3-4-6-10(9)22-15/h7-8H,2-6H2,1H3,(H2,16,20)(H,17,18)/b8-7+. The lowest BCUT2D eigenvalue weighted by Crippen LogP contribution is -2.17. The summed E-state index contributed by atoms with van der Waals surface area (Å²) in [6, 6.07) is 0. The van der Waals surface area contributed by atoms with Gasteiger partial charge in [0.2, 0.25) is 5.91 Å². The SMILES string of the molecule is CCOC(=O)/C=C/C(=O)Nc1sc2c(c1C(N)=O)CCCC2. The van der Waals surface area contributed by atoms with Crippen LogP contribution in [0, 0.1) is 0 Å². The summed E-state index contributed by atoms with van der Waals surface area (Å²) in [4.78, 5) is 35.8. The van der Waals surface area contributed by atoms with Gasteiger partial charge in [-0.25, -0.2) is 4.79 Å². The zero-order valence-corrected chi connectivity index (χ0v) is 13.1. The molecule has 6 nitrogen and oxygen atoms in total. The topological polar surface area (TPSA) is 98.5 Å². The monoisotopic (exact) mass is 322 g/mol. The molecule has 1 aromatic rings. The van der Waals surface area contributed by atoms with Gasteiger partial charge in [0, 0.05) is 17.0 Å². The van der Waals surface area contributed by atoms with Gasteiger partial charge in [0.1, 0.15) is 5.00 Å². The number of primary amides is 1. The molecule has 0 saturated carbocycles. The van der Waals surface area contributed by atoms with E-state index in [1.165, 1.54) is 11.3 Å². The van der Waals surface area contributed by atoms with Crippen molar-refractivity contribution >= 4 is 34.1 Å². The molecular weight excluding hydrogens is 304 g/mol. The van der Waals surface area contributed by atoms with Gasteiger partial charge in [-0.1, -0.05) is 0 Å². The molecule has 2 rings (SSSR count). The Kier molecular flexibility index (Phi) is 5.32. The first-order valence-corrected chi connectivity index (χ1v) is 7.94. The minimum absolute atomic E-state index is 0.244. The van der Waals surface area contributed by atoms with E-state index in [2.05, 4.69) is 5.32 Å². The number of anilines is 1. The summed E-state index contributed by atoms with van der Waals surface area (Å²) in [5, 5.41) is 3.09. The van der Waals surface area contributed by atoms with Crippen molar-refractivity contribution < 1.29 is 19.1 Å². The van der Waals surface area contributed by atoms with Crippen molar-refractivity contribution in [3.8, 4) is 0 Å². The van der Waals surface area contributed by atoms with Crippen molar-refractivity contribution in [2.45, 2.75) is 32.6 Å². The van der Waals surface area contributed by atoms with Crippen molar-refractivity contribution in [2.24, 2.45) is 5.73 Å². The highest BCUT2D eigenvalue weighted by atomic mass is 32.1. The molecular formula is C15H18N2O4S. The number of rotatable bonds is 5. The van der Waals surface area contributed by atoms with E-state index in [0.717, 1.165) is 48.3 Å². The largest absolute Gasteiger partial charge is 0.463 e. The highest BCUT2D eigenvalue weighted by molar-refractivity contribution is 7.17. The second-order valence-corrected chi connectivity index (χ2v) is 5.96. The summed E-state index contributed by atoms with van der Waals surface area (Å²) in [5.74, 6) is -1.61. The number of carbonyl (C=O) groups excluding carboxylic acids is 3. The molecule has 0 atom stereocenters. The van der Waals surface area contributed by atoms with Crippen LogP contribution in [0.4, 0.5) is 5.00 Å². The number of hydrogen-bond donors (Lipinski definition) is 2. The van der Waals surface area contributed by atoms with E-state index in [4.69, 9.17) is 10.5 Å². The van der Waals surface area contributed by atoms with Crippen LogP contribution in [0.2, 0.25) is 0 Å². The molecule has 0 aromatic carbocycles. The highest BCUT2D eigenvalue weighted by Crippen LogP contribution is 2.37. The van der Waals surface area contributed by atoms with Gasteiger partial charge in [-0.05, 0) is 38.2 Å². The summed E-state index contributed by atoms with van der Waals surface area (Å²) in [6.45, 7) is 1.93. The highest BCUT2D eigenvalue weighted by Gasteiger charge is 2.24. The minimum Gasteiger partial charge on any atom is -0.463 e. The maximum absolute atomic E-state index is 11.9. The first-order valence-electron chi connectivity index (χ1n) is 7.13. The quantitative estimate of drug-likeness (QED) is 0.637. The lowest BCUT2D eigenvalue weighted by molar-refractivity contribution is -0.137. The Labute approximate surface area is 132 Å². The Balaban J connectivity index is 2.15. The molecule has 7 heteroatoms. The normalized spacial score (nSPS) is 13.7. The number of ether oxygens (including phenoxy) is 1. The third-order valence-corrected chi connectivity index (χ3v) is 4.52. The molecule has 0 aliphatic heterocycles. The fourth-order valence-electron chi connectivity index (χ4n) is 2.40. The van der Waals surface area contributed by atoms with Gasteiger partial charge in [-0.15, -0.1) is 11.3 Å². The van der Waals surface area contributed by atoms with Gasteiger partial charge in [-0.2, -0.15) is 0 Å². The molecule has 0 spiro atoms. The third-order valence-electron chi connectivity index (χ3n) is 3.31. The van der Waals surface area contributed by atoms with Gasteiger partial charge < -0.3 is 15.8 Å². The van der Waals surface area contributed by atoms with E-state index in [9.17, 15) is 14.4 Å². The molecule has 1 aliphatic rings. The fourth-order valence-corrected chi connectivity index (χ4v) is 3.70. The Morgan fingerprint density at radius 2 is 2.00 bits per heavy atom. The average molecular weight is 322 g/mol. The molecule has 22 heavy (non-hydrogen) atoms. The molecule has 0 saturated heterocycles. The van der Waals surface area contributed by atoms with Crippen LogP contribution in [0.25, 0.3) is 0 Å². The van der Waals surface area contributed by atoms with Crippen LogP contribution in [0.3, 0.4) is 0 Å². The van der Waals surface area contributed by atoms with Crippen molar-refractivity contribution in [1.82, 2.24) is 0 Å². The molecule has 118 valence electrons. The predicted octanol–water partition coefficient (Wildman–Crippen LogP) is 1.78. The smallest absolute Gasteiger partial charge is 0.330 e. The van der Waals surface area contributed by atoms with Crippen LogP contribution < -0.4 is 11.1 Å². The number of aryl methyl sites for hydroxylation is 1. The van der Waals surface area contributed by atoms with E-state index >= 15 is 0 Å². The summed E-state index contributed by atoms with van der Waals surface area (Å²) in [6.07, 6.45) is 5.92. The van der Waals surface area contributed by atoms with E-state index < -0.39 is 17.8 Å². The summed E-state index contributed by atoms with van der Waals surface area (Å²) < 4.78 is 4.69. The Morgan fingerprint density at radius 3 is 2.68 bits per heavy atom. The third kappa shape index (κ3) is 3.73. The fraction of sp³-hybridized carbons (Fsp3) is 0.400. The molecule has 1 aliphatic carbocycles. The molecule has 0 unspecified atom stereocenters. The van der Waals surface area contributed by atoms with Gasteiger partial charge in [0.15, 0.2) is 0 Å². The summed E-state index contributed by atoms with van der Waals surface area (Å²) in [5.41, 5.74) is 6.80. The van der Waals surface area contributed by atoms with Gasteiger partial charge in [-0.3, -0.25) is 9.59 Å². The lowest BCUT2D eigenvalue weighted by atomic mass is 9.95. The van der Waals surface area contributed by atoms with Crippen LogP contribution in [0.15, 0.2) is 12.2 Å². The van der Waals surface area contributed by atoms with Crippen LogP contribution in [-0.2, 0) is 27.2 Å². The van der Waals surface area contributed by atoms with Crippen molar-refractivity contribution in [3.05, 3.63) is 28.2 Å². The van der Waals surface area contributed by atoms with Crippen LogP contribution >= 0.6 is 11.3 Å². The first kappa shape index (κ1) is 16.2. The van der Waals surface area contributed by atoms with E-state index in [1.807, 2.05) is 0 Å². The van der Waals surface area contributed by atoms with E-state index in [0.29, 0.717) is 10.6 Å². The predicted molar refractivity (Wildman–Crippen MR) is 83.9 cm³/mol. The number of carbonyl (C=O) groups is 3. The maximum Gasteiger partial charge on any atom is 0.330 e. The van der Waals surface area contributed by atoms with Crippen LogP contribution in [0.1, 0.15) is 40.6 Å². The molecule has 0 fully saturated rings. The zero-order valence-electron chi connectivity index (χ0n) is 12.3. The number of thiophene rings is 1. The second-order valence-electron chi connectivity index (χ2n) is 4.85. The van der Waals surface area contributed by atoms with Gasteiger partial charge in [0.05, 0.1) is 12.2 Å². The van der Waals surface area contributed by atoms with Crippen LogP contribution in [-0.4, -0.2) is 24.4 Å². The molecule has 0 bridgehead atoms. The second kappa shape index (κ2) is 7.22. The Morgan fingerprint density at radius 1 is 1.27 bits per heavy atom. The number of amides is 2. The number of esters is 1.